The van der Waals surface area contributed by atoms with E-state index in [2.05, 4.69) is 35.6 Å². The van der Waals surface area contributed by atoms with Gasteiger partial charge in [-0.25, -0.2) is 4.98 Å². The van der Waals surface area contributed by atoms with Gasteiger partial charge in [0.15, 0.2) is 5.69 Å². The monoisotopic (exact) mass is 380 g/mol. The van der Waals surface area contributed by atoms with E-state index in [1.807, 2.05) is 4.90 Å². The van der Waals surface area contributed by atoms with Crippen LogP contribution in [0.2, 0.25) is 0 Å². The molecule has 154 valence electrons. The number of piperazine rings is 1. The molecule has 1 N–H and O–H groups in total. The highest BCUT2D eigenvalue weighted by Gasteiger charge is 2.22. The van der Waals surface area contributed by atoms with Gasteiger partial charge in [0.25, 0.3) is 5.91 Å². The highest BCUT2D eigenvalue weighted by Crippen LogP contribution is 2.12. The fourth-order valence-corrected chi connectivity index (χ4v) is 3.54. The van der Waals surface area contributed by atoms with E-state index in [1.54, 1.807) is 0 Å². The van der Waals surface area contributed by atoms with Crippen LogP contribution in [0.15, 0.2) is 10.7 Å². The number of hydrogen-bond acceptors (Lipinski definition) is 6. The van der Waals surface area contributed by atoms with Gasteiger partial charge in [0.2, 0.25) is 5.89 Å². The minimum absolute atomic E-state index is 0.0385. The maximum Gasteiger partial charge on any atom is 0.275 e. The minimum Gasteiger partial charge on any atom is -0.447 e. The van der Waals surface area contributed by atoms with Gasteiger partial charge < -0.3 is 14.4 Å². The maximum atomic E-state index is 12.6. The largest absolute Gasteiger partial charge is 0.447 e. The second-order valence-corrected chi connectivity index (χ2v) is 7.44. The SMILES string of the molecule is CCC[C@H](O)CN1CCN(Cc2nc(C(=O)N(CCC)CCC)co2)CC1. The molecule has 0 radical (unpaired) electrons. The Morgan fingerprint density at radius 2 is 1.78 bits per heavy atom. The normalized spacial score (nSPS) is 17.2. The lowest BCUT2D eigenvalue weighted by Gasteiger charge is -2.34. The van der Waals surface area contributed by atoms with Gasteiger partial charge in [-0.1, -0.05) is 27.2 Å². The Balaban J connectivity index is 1.81. The summed E-state index contributed by atoms with van der Waals surface area (Å²) < 4.78 is 5.56. The predicted molar refractivity (Wildman–Crippen MR) is 106 cm³/mol. The average molecular weight is 381 g/mol. The first kappa shape index (κ1) is 21.9. The third-order valence-corrected chi connectivity index (χ3v) is 4.96. The number of nitrogens with zero attached hydrogens (tertiary/aromatic N) is 4. The number of aliphatic hydroxyl groups is 1. The Bertz CT molecular complexity index is 549. The second kappa shape index (κ2) is 11.4. The third-order valence-electron chi connectivity index (χ3n) is 4.96. The molecule has 1 aromatic rings. The second-order valence-electron chi connectivity index (χ2n) is 7.44. The fourth-order valence-electron chi connectivity index (χ4n) is 3.54. The van der Waals surface area contributed by atoms with Crippen LogP contribution >= 0.6 is 0 Å². The van der Waals surface area contributed by atoms with Crippen LogP contribution in [0.1, 0.15) is 62.8 Å². The van der Waals surface area contributed by atoms with Crippen LogP contribution in [0.3, 0.4) is 0 Å². The molecule has 7 heteroatoms. The van der Waals surface area contributed by atoms with Crippen LogP contribution in [0.4, 0.5) is 0 Å². The highest BCUT2D eigenvalue weighted by molar-refractivity contribution is 5.91. The van der Waals surface area contributed by atoms with Gasteiger partial charge in [0.05, 0.1) is 12.6 Å². The molecular formula is C20H36N4O3. The summed E-state index contributed by atoms with van der Waals surface area (Å²) in [4.78, 5) is 23.5. The Labute approximate surface area is 163 Å². The van der Waals surface area contributed by atoms with E-state index >= 15 is 0 Å². The molecule has 1 aromatic heterocycles. The molecule has 1 fully saturated rings. The molecular weight excluding hydrogens is 344 g/mol. The van der Waals surface area contributed by atoms with E-state index in [0.717, 1.165) is 71.5 Å². The van der Waals surface area contributed by atoms with Crippen LogP contribution in [0.25, 0.3) is 0 Å². The molecule has 1 atom stereocenters. The van der Waals surface area contributed by atoms with E-state index in [0.29, 0.717) is 18.1 Å². The summed E-state index contributed by atoms with van der Waals surface area (Å²) in [6.07, 6.45) is 5.02. The maximum absolute atomic E-state index is 12.6. The summed E-state index contributed by atoms with van der Waals surface area (Å²) >= 11 is 0. The molecule has 1 aliphatic heterocycles. The Kier molecular flexibility index (Phi) is 9.24. The molecule has 0 spiro atoms. The molecule has 1 saturated heterocycles. The quantitative estimate of drug-likeness (QED) is 0.635. The van der Waals surface area contributed by atoms with Crippen molar-refractivity contribution in [3.63, 3.8) is 0 Å². The molecule has 7 nitrogen and oxygen atoms in total. The number of β-amino-alcohol motifs (C(OH)–C–C–N with tert-alkyl or cyclic N) is 1. The van der Waals surface area contributed by atoms with Crippen molar-refractivity contribution >= 4 is 5.91 Å². The van der Waals surface area contributed by atoms with Gasteiger partial charge in [0.1, 0.15) is 6.26 Å². The fraction of sp³-hybridized carbons (Fsp3) is 0.800. The Morgan fingerprint density at radius 3 is 2.37 bits per heavy atom. The average Bonchev–Trinajstić information content (AvgIpc) is 3.11. The van der Waals surface area contributed by atoms with Crippen molar-refractivity contribution < 1.29 is 14.3 Å². The summed E-state index contributed by atoms with van der Waals surface area (Å²) in [7, 11) is 0. The number of carbonyl (C=O) groups excluding carboxylic acids is 1. The van der Waals surface area contributed by atoms with Crippen LogP contribution < -0.4 is 0 Å². The van der Waals surface area contributed by atoms with Crippen LogP contribution in [0, 0.1) is 0 Å². The van der Waals surface area contributed by atoms with Crippen LogP contribution in [-0.4, -0.2) is 82.6 Å². The molecule has 0 saturated carbocycles. The molecule has 0 unspecified atom stereocenters. The van der Waals surface area contributed by atoms with Gasteiger partial charge in [-0.15, -0.1) is 0 Å². The Hall–Kier alpha value is -1.44. The summed E-state index contributed by atoms with van der Waals surface area (Å²) in [6.45, 7) is 12.8. The van der Waals surface area contributed by atoms with E-state index < -0.39 is 0 Å². The first-order chi connectivity index (χ1) is 13.1. The first-order valence-corrected chi connectivity index (χ1v) is 10.4. The van der Waals surface area contributed by atoms with Crippen molar-refractivity contribution in [2.24, 2.45) is 0 Å². The van der Waals surface area contributed by atoms with Gasteiger partial charge in [-0.2, -0.15) is 0 Å². The van der Waals surface area contributed by atoms with Gasteiger partial charge in [-0.05, 0) is 19.3 Å². The number of hydrogen-bond donors (Lipinski definition) is 1. The van der Waals surface area contributed by atoms with Gasteiger partial charge >= 0.3 is 0 Å². The van der Waals surface area contributed by atoms with Gasteiger partial charge in [-0.3, -0.25) is 14.6 Å². The molecule has 1 amide bonds. The van der Waals surface area contributed by atoms with E-state index in [1.165, 1.54) is 6.26 Å². The van der Waals surface area contributed by atoms with Crippen LogP contribution in [-0.2, 0) is 6.54 Å². The molecule has 2 rings (SSSR count). The Morgan fingerprint density at radius 1 is 1.15 bits per heavy atom. The number of aromatic nitrogens is 1. The molecule has 0 aliphatic carbocycles. The zero-order valence-electron chi connectivity index (χ0n) is 17.2. The first-order valence-electron chi connectivity index (χ1n) is 10.4. The number of amides is 1. The number of rotatable bonds is 11. The topological polar surface area (TPSA) is 73.1 Å². The smallest absolute Gasteiger partial charge is 0.275 e. The van der Waals surface area contributed by atoms with E-state index in [4.69, 9.17) is 4.42 Å². The van der Waals surface area contributed by atoms with Crippen molar-refractivity contribution in [3.8, 4) is 0 Å². The third kappa shape index (κ3) is 6.90. The number of oxazole rings is 1. The van der Waals surface area contributed by atoms with Crippen molar-refractivity contribution in [2.75, 3.05) is 45.8 Å². The van der Waals surface area contributed by atoms with Crippen molar-refractivity contribution in [1.82, 2.24) is 19.7 Å². The summed E-state index contributed by atoms with van der Waals surface area (Å²) in [5, 5.41) is 9.96. The van der Waals surface area contributed by atoms with E-state index in [-0.39, 0.29) is 12.0 Å². The lowest BCUT2D eigenvalue weighted by atomic mass is 10.2. The van der Waals surface area contributed by atoms with Crippen molar-refractivity contribution in [2.45, 2.75) is 59.1 Å². The molecule has 27 heavy (non-hydrogen) atoms. The number of carbonyl (C=O) groups is 1. The van der Waals surface area contributed by atoms with Gasteiger partial charge in [0, 0.05) is 45.8 Å². The number of aliphatic hydroxyl groups excluding tert-OH is 1. The minimum atomic E-state index is -0.226. The molecule has 0 bridgehead atoms. The van der Waals surface area contributed by atoms with Crippen LogP contribution in [0.5, 0.6) is 0 Å². The summed E-state index contributed by atoms with van der Waals surface area (Å²) in [5.41, 5.74) is 0.410. The highest BCUT2D eigenvalue weighted by atomic mass is 16.3. The summed E-state index contributed by atoms with van der Waals surface area (Å²) in [6, 6.07) is 0. The van der Waals surface area contributed by atoms with E-state index in [9.17, 15) is 9.90 Å². The predicted octanol–water partition coefficient (Wildman–Crippen LogP) is 2.22. The zero-order chi connectivity index (χ0) is 19.6. The molecule has 2 heterocycles. The van der Waals surface area contributed by atoms with Crippen molar-refractivity contribution in [3.05, 3.63) is 17.8 Å². The summed E-state index contributed by atoms with van der Waals surface area (Å²) in [5.74, 6) is 0.564. The molecule has 1 aliphatic rings. The zero-order valence-corrected chi connectivity index (χ0v) is 17.2. The molecule has 0 aromatic carbocycles. The lowest BCUT2D eigenvalue weighted by Crippen LogP contribution is -2.48. The standard InChI is InChI=1S/C20H36N4O3/c1-4-7-17(25)14-22-10-12-23(13-11-22)15-19-21-18(16-27-19)20(26)24(8-5-2)9-6-3/h16-17,25H,4-15H2,1-3H3/t17-/m0/s1. The van der Waals surface area contributed by atoms with Crippen molar-refractivity contribution in [1.29, 1.82) is 0 Å². The lowest BCUT2D eigenvalue weighted by molar-refractivity contribution is 0.0634.